The number of amides is 1. The second kappa shape index (κ2) is 9.09. The third-order valence-electron chi connectivity index (χ3n) is 4.64. The summed E-state index contributed by atoms with van der Waals surface area (Å²) in [5, 5.41) is 11.9. The number of nitrogens with one attached hydrogen (secondary N) is 1. The maximum atomic E-state index is 13.8. The summed E-state index contributed by atoms with van der Waals surface area (Å²) in [6.45, 7) is 4.03. The van der Waals surface area contributed by atoms with Gasteiger partial charge in [-0.25, -0.2) is 4.39 Å². The first kappa shape index (κ1) is 20.7. The molecule has 0 aliphatic carbocycles. The first-order chi connectivity index (χ1) is 15.0. The number of aromatic nitrogens is 4. The highest BCUT2D eigenvalue weighted by molar-refractivity contribution is 7.99. The topological polar surface area (TPSA) is 72.7 Å². The van der Waals surface area contributed by atoms with E-state index in [1.165, 1.54) is 23.9 Å². The Bertz CT molecular complexity index is 1230. The van der Waals surface area contributed by atoms with Crippen LogP contribution >= 0.6 is 11.8 Å². The highest BCUT2D eigenvalue weighted by Gasteiger charge is 2.19. The zero-order valence-electron chi connectivity index (χ0n) is 17.0. The van der Waals surface area contributed by atoms with Crippen molar-refractivity contribution in [3.8, 4) is 17.1 Å². The van der Waals surface area contributed by atoms with Crippen molar-refractivity contribution >= 4 is 23.4 Å². The van der Waals surface area contributed by atoms with E-state index >= 15 is 0 Å². The van der Waals surface area contributed by atoms with E-state index in [0.717, 1.165) is 22.4 Å². The molecule has 0 spiro atoms. The minimum Gasteiger partial charge on any atom is -0.323 e. The smallest absolute Gasteiger partial charge is 0.234 e. The van der Waals surface area contributed by atoms with Crippen molar-refractivity contribution in [1.29, 1.82) is 0 Å². The molecule has 31 heavy (non-hydrogen) atoms. The average molecular weight is 434 g/mol. The molecule has 0 unspecified atom stereocenters. The van der Waals surface area contributed by atoms with Crippen LogP contribution in [0, 0.1) is 19.7 Å². The normalized spacial score (nSPS) is 10.8. The van der Waals surface area contributed by atoms with E-state index in [2.05, 4.69) is 26.6 Å². The average Bonchev–Trinajstić information content (AvgIpc) is 3.20. The number of para-hydroxylation sites is 1. The summed E-state index contributed by atoms with van der Waals surface area (Å²) in [7, 11) is 0. The zero-order chi connectivity index (χ0) is 21.8. The number of halogens is 1. The van der Waals surface area contributed by atoms with Crippen molar-refractivity contribution < 1.29 is 9.18 Å². The first-order valence-corrected chi connectivity index (χ1v) is 10.6. The van der Waals surface area contributed by atoms with Crippen LogP contribution in [0.2, 0.25) is 0 Å². The molecule has 8 heteroatoms. The van der Waals surface area contributed by atoms with E-state index < -0.39 is 5.82 Å². The molecule has 6 nitrogen and oxygen atoms in total. The van der Waals surface area contributed by atoms with Gasteiger partial charge in [-0.15, -0.1) is 10.2 Å². The molecule has 1 N–H and O–H groups in total. The molecule has 0 atom stereocenters. The van der Waals surface area contributed by atoms with Gasteiger partial charge in [0.25, 0.3) is 0 Å². The van der Waals surface area contributed by atoms with Crippen LogP contribution in [0.1, 0.15) is 11.1 Å². The number of thioether (sulfide) groups is 1. The van der Waals surface area contributed by atoms with Crippen LogP contribution in [0.15, 0.2) is 72.1 Å². The molecule has 2 aromatic carbocycles. The number of pyridine rings is 1. The number of rotatable bonds is 6. The summed E-state index contributed by atoms with van der Waals surface area (Å²) < 4.78 is 15.7. The fraction of sp³-hybridized carbons (Fsp3) is 0.130. The van der Waals surface area contributed by atoms with Crippen LogP contribution in [-0.4, -0.2) is 31.4 Å². The summed E-state index contributed by atoms with van der Waals surface area (Å²) in [6, 6.07) is 16.0. The fourth-order valence-corrected chi connectivity index (χ4v) is 3.85. The maximum Gasteiger partial charge on any atom is 0.234 e. The molecular weight excluding hydrogens is 413 g/mol. The predicted octanol–water partition coefficient (Wildman–Crippen LogP) is 4.82. The van der Waals surface area contributed by atoms with E-state index in [1.54, 1.807) is 24.5 Å². The third-order valence-corrected chi connectivity index (χ3v) is 5.57. The van der Waals surface area contributed by atoms with Crippen molar-refractivity contribution in [1.82, 2.24) is 19.7 Å². The van der Waals surface area contributed by atoms with E-state index in [1.807, 2.05) is 42.7 Å². The summed E-state index contributed by atoms with van der Waals surface area (Å²) in [6.07, 6.45) is 3.43. The predicted molar refractivity (Wildman–Crippen MR) is 120 cm³/mol. The van der Waals surface area contributed by atoms with E-state index in [9.17, 15) is 9.18 Å². The summed E-state index contributed by atoms with van der Waals surface area (Å²) in [5.41, 5.74) is 4.05. The number of benzene rings is 2. The van der Waals surface area contributed by atoms with Crippen LogP contribution in [0.25, 0.3) is 17.1 Å². The van der Waals surface area contributed by atoms with E-state index in [0.29, 0.717) is 11.0 Å². The van der Waals surface area contributed by atoms with Gasteiger partial charge >= 0.3 is 0 Å². The van der Waals surface area contributed by atoms with Gasteiger partial charge in [-0.3, -0.25) is 14.3 Å². The van der Waals surface area contributed by atoms with Gasteiger partial charge in [-0.1, -0.05) is 36.0 Å². The number of anilines is 1. The molecule has 0 saturated carbocycles. The Balaban J connectivity index is 1.65. The first-order valence-electron chi connectivity index (χ1n) is 9.63. The molecule has 156 valence electrons. The molecular formula is C23H20FN5OS. The van der Waals surface area contributed by atoms with Crippen LogP contribution in [-0.2, 0) is 4.79 Å². The molecule has 4 rings (SSSR count). The Morgan fingerprint density at radius 3 is 2.71 bits per heavy atom. The quantitative estimate of drug-likeness (QED) is 0.442. The lowest BCUT2D eigenvalue weighted by Crippen LogP contribution is -2.15. The Morgan fingerprint density at radius 2 is 1.94 bits per heavy atom. The lowest BCUT2D eigenvalue weighted by atomic mass is 10.1. The molecule has 0 saturated heterocycles. The van der Waals surface area contributed by atoms with Crippen LogP contribution in [0.4, 0.5) is 10.1 Å². The zero-order valence-corrected chi connectivity index (χ0v) is 17.9. The highest BCUT2D eigenvalue weighted by atomic mass is 32.2. The molecule has 4 aromatic rings. The van der Waals surface area contributed by atoms with Crippen molar-refractivity contribution in [2.24, 2.45) is 0 Å². The third kappa shape index (κ3) is 4.64. The SMILES string of the molecule is Cc1ccc(C)c(-n2c(SCC(=O)Nc3ccccc3F)nnc2-c2cccnc2)c1. The Hall–Kier alpha value is -3.52. The summed E-state index contributed by atoms with van der Waals surface area (Å²) in [5.74, 6) is -0.102. The van der Waals surface area contributed by atoms with Gasteiger partial charge < -0.3 is 5.32 Å². The van der Waals surface area contributed by atoms with Gasteiger partial charge in [0.15, 0.2) is 11.0 Å². The minimum absolute atomic E-state index is 0.0599. The van der Waals surface area contributed by atoms with Crippen LogP contribution in [0.5, 0.6) is 0 Å². The molecule has 2 heterocycles. The van der Waals surface area contributed by atoms with Gasteiger partial charge in [0, 0.05) is 18.0 Å². The Morgan fingerprint density at radius 1 is 1.10 bits per heavy atom. The van der Waals surface area contributed by atoms with Crippen LogP contribution < -0.4 is 5.32 Å². The molecule has 2 aromatic heterocycles. The second-order valence-electron chi connectivity index (χ2n) is 6.99. The van der Waals surface area contributed by atoms with Crippen molar-refractivity contribution in [2.75, 3.05) is 11.1 Å². The number of aryl methyl sites for hydroxylation is 2. The standard InChI is InChI=1S/C23H20FN5OS/c1-15-9-10-16(2)20(12-15)29-22(17-6-5-11-25-13-17)27-28-23(29)31-14-21(30)26-19-8-4-3-7-18(19)24/h3-13H,14H2,1-2H3,(H,26,30). The Labute approximate surface area is 183 Å². The molecule has 0 aliphatic rings. The monoisotopic (exact) mass is 433 g/mol. The molecule has 0 radical (unpaired) electrons. The second-order valence-corrected chi connectivity index (χ2v) is 7.93. The van der Waals surface area contributed by atoms with Gasteiger partial charge in [0.05, 0.1) is 17.1 Å². The lowest BCUT2D eigenvalue weighted by molar-refractivity contribution is -0.113. The largest absolute Gasteiger partial charge is 0.323 e. The van der Waals surface area contributed by atoms with Crippen molar-refractivity contribution in [2.45, 2.75) is 19.0 Å². The molecule has 1 amide bonds. The van der Waals surface area contributed by atoms with E-state index in [4.69, 9.17) is 0 Å². The van der Waals surface area contributed by atoms with Crippen LogP contribution in [0.3, 0.4) is 0 Å². The van der Waals surface area contributed by atoms with Gasteiger partial charge in [-0.2, -0.15) is 0 Å². The number of carbonyl (C=O) groups excluding carboxylic acids is 1. The molecule has 0 bridgehead atoms. The van der Waals surface area contributed by atoms with Gasteiger partial charge in [-0.05, 0) is 55.3 Å². The highest BCUT2D eigenvalue weighted by Crippen LogP contribution is 2.30. The number of hydrogen-bond acceptors (Lipinski definition) is 5. The molecule has 0 fully saturated rings. The van der Waals surface area contributed by atoms with Gasteiger partial charge in [0.2, 0.25) is 5.91 Å². The van der Waals surface area contributed by atoms with Crippen molar-refractivity contribution in [3.05, 3.63) is 83.9 Å². The van der Waals surface area contributed by atoms with Gasteiger partial charge in [0.1, 0.15) is 5.82 Å². The number of hydrogen-bond donors (Lipinski definition) is 1. The number of nitrogens with zero attached hydrogens (tertiary/aromatic N) is 4. The lowest BCUT2D eigenvalue weighted by Gasteiger charge is -2.14. The fourth-order valence-electron chi connectivity index (χ4n) is 3.10. The maximum absolute atomic E-state index is 13.8. The van der Waals surface area contributed by atoms with E-state index in [-0.39, 0.29) is 17.3 Å². The number of carbonyl (C=O) groups is 1. The minimum atomic E-state index is -0.474. The molecule has 0 aliphatic heterocycles. The summed E-state index contributed by atoms with van der Waals surface area (Å²) >= 11 is 1.24. The summed E-state index contributed by atoms with van der Waals surface area (Å²) in [4.78, 5) is 16.6. The van der Waals surface area contributed by atoms with Crippen molar-refractivity contribution in [3.63, 3.8) is 0 Å². The Kier molecular flexibility index (Phi) is 6.08.